The molecule has 14 heavy (non-hydrogen) atoms. The van der Waals surface area contributed by atoms with E-state index in [0.717, 1.165) is 0 Å². The molecule has 0 saturated heterocycles. The van der Waals surface area contributed by atoms with Crippen LogP contribution in [0.15, 0.2) is 18.2 Å². The van der Waals surface area contributed by atoms with Crippen molar-refractivity contribution in [1.82, 2.24) is 0 Å². The molecule has 5 heteroatoms. The van der Waals surface area contributed by atoms with E-state index >= 15 is 0 Å². The lowest BCUT2D eigenvalue weighted by atomic mass is 10.1. The minimum absolute atomic E-state index is 0.123. The Bertz CT molecular complexity index is 354. The molecule has 1 unspecified atom stereocenters. The molecule has 0 aromatic heterocycles. The van der Waals surface area contributed by atoms with Crippen LogP contribution in [0, 0.1) is 5.82 Å². The average Bonchev–Trinajstić information content (AvgIpc) is 2.16. The molecule has 76 valence electrons. The predicted molar refractivity (Wildman–Crippen MR) is 47.5 cm³/mol. The third-order valence-electron chi connectivity index (χ3n) is 1.80. The van der Waals surface area contributed by atoms with Crippen molar-refractivity contribution >= 4 is 5.97 Å². The number of hydrogen-bond acceptors (Lipinski definition) is 3. The maximum absolute atomic E-state index is 13.1. The zero-order valence-electron chi connectivity index (χ0n) is 7.53. The van der Waals surface area contributed by atoms with Crippen LogP contribution in [0.4, 0.5) is 4.39 Å². The van der Waals surface area contributed by atoms with Crippen LogP contribution < -0.4 is 10.5 Å². The Balaban J connectivity index is 3.20. The number of halogens is 1. The van der Waals surface area contributed by atoms with Gasteiger partial charge in [-0.25, -0.2) is 4.39 Å². The summed E-state index contributed by atoms with van der Waals surface area (Å²) >= 11 is 0. The van der Waals surface area contributed by atoms with Crippen LogP contribution >= 0.6 is 0 Å². The van der Waals surface area contributed by atoms with Crippen molar-refractivity contribution in [2.45, 2.75) is 6.04 Å². The molecular formula is C9H10FNO3. The van der Waals surface area contributed by atoms with E-state index in [1.165, 1.54) is 25.3 Å². The number of benzene rings is 1. The van der Waals surface area contributed by atoms with Crippen LogP contribution in [0.1, 0.15) is 11.6 Å². The smallest absolute Gasteiger partial charge is 0.325 e. The van der Waals surface area contributed by atoms with Gasteiger partial charge in [0.2, 0.25) is 0 Å². The first-order valence-corrected chi connectivity index (χ1v) is 3.88. The molecule has 0 aliphatic carbocycles. The number of hydrogen-bond donors (Lipinski definition) is 2. The number of rotatable bonds is 3. The van der Waals surface area contributed by atoms with Crippen molar-refractivity contribution in [3.8, 4) is 5.75 Å². The second kappa shape index (κ2) is 4.06. The van der Waals surface area contributed by atoms with Crippen molar-refractivity contribution in [2.75, 3.05) is 7.11 Å². The minimum Gasteiger partial charge on any atom is -0.493 e. The topological polar surface area (TPSA) is 72.5 Å². The fraction of sp³-hybridized carbons (Fsp3) is 0.222. The lowest BCUT2D eigenvalue weighted by molar-refractivity contribution is -0.138. The van der Waals surface area contributed by atoms with E-state index in [1.807, 2.05) is 0 Å². The lowest BCUT2D eigenvalue weighted by Gasteiger charge is -2.12. The third kappa shape index (κ3) is 1.82. The molecule has 0 bridgehead atoms. The largest absolute Gasteiger partial charge is 0.493 e. The highest BCUT2D eigenvalue weighted by molar-refractivity contribution is 5.76. The summed E-state index contributed by atoms with van der Waals surface area (Å²) in [7, 11) is 1.26. The highest BCUT2D eigenvalue weighted by atomic mass is 19.1. The number of carboxylic acids is 1. The Labute approximate surface area is 80.1 Å². The van der Waals surface area contributed by atoms with E-state index in [0.29, 0.717) is 0 Å². The van der Waals surface area contributed by atoms with Gasteiger partial charge in [-0.15, -0.1) is 0 Å². The zero-order valence-corrected chi connectivity index (χ0v) is 7.53. The molecule has 0 fully saturated rings. The SMILES string of the molecule is COc1c(F)cccc1C(N)C(=O)O. The minimum atomic E-state index is -1.28. The van der Waals surface area contributed by atoms with Gasteiger partial charge < -0.3 is 15.6 Å². The van der Waals surface area contributed by atoms with Gasteiger partial charge >= 0.3 is 5.97 Å². The normalized spacial score (nSPS) is 12.2. The van der Waals surface area contributed by atoms with Crippen molar-refractivity contribution < 1.29 is 19.0 Å². The quantitative estimate of drug-likeness (QED) is 0.759. The average molecular weight is 199 g/mol. The van der Waals surface area contributed by atoms with Crippen molar-refractivity contribution in [3.63, 3.8) is 0 Å². The number of ether oxygens (including phenoxy) is 1. The van der Waals surface area contributed by atoms with Crippen LogP contribution in [0.2, 0.25) is 0 Å². The van der Waals surface area contributed by atoms with Crippen molar-refractivity contribution in [3.05, 3.63) is 29.6 Å². The zero-order chi connectivity index (χ0) is 10.7. The second-order valence-corrected chi connectivity index (χ2v) is 2.68. The Morgan fingerprint density at radius 2 is 2.29 bits per heavy atom. The van der Waals surface area contributed by atoms with E-state index < -0.39 is 17.8 Å². The molecule has 0 saturated carbocycles. The molecule has 1 rings (SSSR count). The van der Waals surface area contributed by atoms with Crippen LogP contribution in [0.5, 0.6) is 5.75 Å². The lowest BCUT2D eigenvalue weighted by Crippen LogP contribution is -2.21. The number of methoxy groups -OCH3 is 1. The van der Waals surface area contributed by atoms with Crippen molar-refractivity contribution in [1.29, 1.82) is 0 Å². The Morgan fingerprint density at radius 1 is 1.64 bits per heavy atom. The molecule has 0 heterocycles. The molecule has 1 aromatic carbocycles. The monoisotopic (exact) mass is 199 g/mol. The molecule has 4 nitrogen and oxygen atoms in total. The molecule has 3 N–H and O–H groups in total. The fourth-order valence-electron chi connectivity index (χ4n) is 1.12. The van der Waals surface area contributed by atoms with Crippen molar-refractivity contribution in [2.24, 2.45) is 5.73 Å². The van der Waals surface area contributed by atoms with Gasteiger partial charge in [0.25, 0.3) is 0 Å². The predicted octanol–water partition coefficient (Wildman–Crippen LogP) is 0.919. The van der Waals surface area contributed by atoms with Gasteiger partial charge in [0.15, 0.2) is 11.6 Å². The van der Waals surface area contributed by atoms with E-state index in [1.54, 1.807) is 0 Å². The summed E-state index contributed by atoms with van der Waals surface area (Å²) in [6.07, 6.45) is 0. The maximum Gasteiger partial charge on any atom is 0.325 e. The third-order valence-corrected chi connectivity index (χ3v) is 1.80. The van der Waals surface area contributed by atoms with Crippen LogP contribution in [-0.2, 0) is 4.79 Å². The van der Waals surface area contributed by atoms with Gasteiger partial charge in [0.05, 0.1) is 7.11 Å². The number of carbonyl (C=O) groups is 1. The maximum atomic E-state index is 13.1. The molecule has 1 aromatic rings. The first kappa shape index (κ1) is 10.5. The highest BCUT2D eigenvalue weighted by Gasteiger charge is 2.20. The van der Waals surface area contributed by atoms with E-state index in [9.17, 15) is 9.18 Å². The molecular weight excluding hydrogens is 189 g/mol. The number of nitrogens with two attached hydrogens (primary N) is 1. The van der Waals surface area contributed by atoms with E-state index in [-0.39, 0.29) is 11.3 Å². The number of para-hydroxylation sites is 1. The number of aliphatic carboxylic acids is 1. The van der Waals surface area contributed by atoms with Gasteiger partial charge in [-0.3, -0.25) is 4.79 Å². The summed E-state index contributed by atoms with van der Waals surface area (Å²) in [4.78, 5) is 10.6. The van der Waals surface area contributed by atoms with Crippen LogP contribution in [0.3, 0.4) is 0 Å². The summed E-state index contributed by atoms with van der Waals surface area (Å²) < 4.78 is 17.8. The Morgan fingerprint density at radius 3 is 2.79 bits per heavy atom. The first-order chi connectivity index (χ1) is 6.57. The van der Waals surface area contributed by atoms with Gasteiger partial charge in [0.1, 0.15) is 6.04 Å². The highest BCUT2D eigenvalue weighted by Crippen LogP contribution is 2.26. The molecule has 1 atom stereocenters. The molecule has 0 amide bonds. The van der Waals surface area contributed by atoms with Crippen LogP contribution in [-0.4, -0.2) is 18.2 Å². The molecule has 0 radical (unpaired) electrons. The second-order valence-electron chi connectivity index (χ2n) is 2.68. The van der Waals surface area contributed by atoms with Gasteiger partial charge in [-0.1, -0.05) is 12.1 Å². The Kier molecular flexibility index (Phi) is 3.03. The van der Waals surface area contributed by atoms with Gasteiger partial charge in [-0.05, 0) is 6.07 Å². The molecule has 0 aliphatic heterocycles. The molecule has 0 spiro atoms. The van der Waals surface area contributed by atoms with Gasteiger partial charge in [0, 0.05) is 5.56 Å². The van der Waals surface area contributed by atoms with E-state index in [4.69, 9.17) is 15.6 Å². The summed E-state index contributed by atoms with van der Waals surface area (Å²) in [5.74, 6) is -1.97. The number of carboxylic acid groups (broad SMARTS) is 1. The van der Waals surface area contributed by atoms with E-state index in [2.05, 4.69) is 0 Å². The summed E-state index contributed by atoms with van der Waals surface area (Å²) in [6.45, 7) is 0. The molecule has 0 aliphatic rings. The summed E-state index contributed by atoms with van der Waals surface area (Å²) in [5, 5.41) is 8.64. The fourth-order valence-corrected chi connectivity index (χ4v) is 1.12. The Hall–Kier alpha value is -1.62. The first-order valence-electron chi connectivity index (χ1n) is 3.88. The summed E-state index contributed by atoms with van der Waals surface area (Å²) in [6, 6.07) is 2.70. The summed E-state index contributed by atoms with van der Waals surface area (Å²) in [5.41, 5.74) is 5.46. The van der Waals surface area contributed by atoms with Gasteiger partial charge in [-0.2, -0.15) is 0 Å². The van der Waals surface area contributed by atoms with Crippen LogP contribution in [0.25, 0.3) is 0 Å². The standard InChI is InChI=1S/C9H10FNO3/c1-14-8-5(7(11)9(12)13)3-2-4-6(8)10/h2-4,7H,11H2,1H3,(H,12,13).